The highest BCUT2D eigenvalue weighted by Gasteiger charge is 2.41. The Labute approximate surface area is 176 Å². The third kappa shape index (κ3) is 5.61. The number of hydrogen-bond donors (Lipinski definition) is 1. The molecule has 2 aromatic rings. The van der Waals surface area contributed by atoms with Crippen LogP contribution < -0.4 is 4.74 Å². The number of nitrogens with zero attached hydrogens (tertiary/aromatic N) is 1. The molecule has 1 saturated heterocycles. The first kappa shape index (κ1) is 21.9. The smallest absolute Gasteiger partial charge is 0.119 e. The highest BCUT2D eigenvalue weighted by molar-refractivity contribution is 5.35. The minimum absolute atomic E-state index is 0.0298. The molecule has 2 atom stereocenters. The van der Waals surface area contributed by atoms with Crippen LogP contribution in [0, 0.1) is 5.92 Å². The van der Waals surface area contributed by atoms with Crippen LogP contribution in [-0.2, 0) is 5.60 Å². The summed E-state index contributed by atoms with van der Waals surface area (Å²) in [4.78, 5) is 2.54. The van der Waals surface area contributed by atoms with Crippen molar-refractivity contribution in [1.29, 1.82) is 0 Å². The summed E-state index contributed by atoms with van der Waals surface area (Å²) in [6.07, 6.45) is 4.57. The molecule has 0 saturated carbocycles. The summed E-state index contributed by atoms with van der Waals surface area (Å²) in [7, 11) is 0. The summed E-state index contributed by atoms with van der Waals surface area (Å²) in [6, 6.07) is 18.7. The van der Waals surface area contributed by atoms with Crippen molar-refractivity contribution in [2.24, 2.45) is 5.92 Å². The Morgan fingerprint density at radius 3 is 2.21 bits per heavy atom. The number of piperidine rings is 1. The van der Waals surface area contributed by atoms with Crippen LogP contribution in [0.5, 0.6) is 5.75 Å². The van der Waals surface area contributed by atoms with Crippen LogP contribution in [0.25, 0.3) is 0 Å². The van der Waals surface area contributed by atoms with Crippen molar-refractivity contribution in [3.05, 3.63) is 65.7 Å². The van der Waals surface area contributed by atoms with Crippen molar-refractivity contribution in [2.75, 3.05) is 26.2 Å². The molecular weight excluding hydrogens is 358 g/mol. The Morgan fingerprint density at radius 1 is 0.966 bits per heavy atom. The fourth-order valence-electron chi connectivity index (χ4n) is 4.71. The second-order valence-electron chi connectivity index (χ2n) is 8.80. The quantitative estimate of drug-likeness (QED) is 0.601. The monoisotopic (exact) mass is 395 g/mol. The van der Waals surface area contributed by atoms with Crippen molar-refractivity contribution in [3.8, 4) is 5.75 Å². The molecule has 0 unspecified atom stereocenters. The normalized spacial score (nSPS) is 18.4. The van der Waals surface area contributed by atoms with Crippen LogP contribution in [0.3, 0.4) is 0 Å². The number of aliphatic hydroxyl groups is 1. The van der Waals surface area contributed by atoms with Crippen molar-refractivity contribution < 1.29 is 9.84 Å². The van der Waals surface area contributed by atoms with E-state index in [-0.39, 0.29) is 5.92 Å². The van der Waals surface area contributed by atoms with E-state index >= 15 is 0 Å². The topological polar surface area (TPSA) is 32.7 Å². The molecule has 0 bridgehead atoms. The van der Waals surface area contributed by atoms with Crippen LogP contribution in [0.4, 0.5) is 0 Å². The number of benzene rings is 2. The van der Waals surface area contributed by atoms with Gasteiger partial charge < -0.3 is 14.7 Å². The fourth-order valence-corrected chi connectivity index (χ4v) is 4.71. The van der Waals surface area contributed by atoms with Gasteiger partial charge in [-0.15, -0.1) is 0 Å². The molecule has 0 aromatic heterocycles. The molecule has 1 aliphatic rings. The number of rotatable bonds is 9. The van der Waals surface area contributed by atoms with Crippen molar-refractivity contribution in [3.63, 3.8) is 0 Å². The van der Waals surface area contributed by atoms with E-state index in [1.807, 2.05) is 19.1 Å². The van der Waals surface area contributed by atoms with Gasteiger partial charge in [0.15, 0.2) is 0 Å². The Balaban J connectivity index is 1.99. The molecule has 3 heteroatoms. The average Bonchev–Trinajstić information content (AvgIpc) is 2.73. The van der Waals surface area contributed by atoms with Gasteiger partial charge in [0.2, 0.25) is 0 Å². The van der Waals surface area contributed by atoms with Crippen LogP contribution in [-0.4, -0.2) is 36.2 Å². The van der Waals surface area contributed by atoms with Crippen molar-refractivity contribution in [1.82, 2.24) is 4.90 Å². The van der Waals surface area contributed by atoms with Gasteiger partial charge in [-0.1, -0.05) is 62.7 Å². The average molecular weight is 396 g/mol. The minimum Gasteiger partial charge on any atom is -0.494 e. The summed E-state index contributed by atoms with van der Waals surface area (Å²) in [6.45, 7) is 10.2. The van der Waals surface area contributed by atoms with Crippen LogP contribution in [0.1, 0.15) is 63.5 Å². The molecule has 3 rings (SSSR count). The summed E-state index contributed by atoms with van der Waals surface area (Å²) in [5.74, 6) is 1.27. The Morgan fingerprint density at radius 2 is 1.62 bits per heavy atom. The zero-order chi connectivity index (χ0) is 20.7. The van der Waals surface area contributed by atoms with Gasteiger partial charge >= 0.3 is 0 Å². The number of hydrogen-bond acceptors (Lipinski definition) is 3. The molecular formula is C26H37NO2. The minimum atomic E-state index is -0.919. The summed E-state index contributed by atoms with van der Waals surface area (Å²) >= 11 is 0. The predicted molar refractivity (Wildman–Crippen MR) is 120 cm³/mol. The predicted octanol–water partition coefficient (Wildman–Crippen LogP) is 5.59. The number of likely N-dealkylation sites (tertiary alicyclic amines) is 1. The first-order valence-electron chi connectivity index (χ1n) is 11.3. The van der Waals surface area contributed by atoms with Gasteiger partial charge in [-0.25, -0.2) is 0 Å². The van der Waals surface area contributed by atoms with E-state index in [1.165, 1.54) is 24.8 Å². The van der Waals surface area contributed by atoms with Gasteiger partial charge in [-0.2, -0.15) is 0 Å². The summed E-state index contributed by atoms with van der Waals surface area (Å²) < 4.78 is 5.63. The number of ether oxygens (including phenoxy) is 1. The van der Waals surface area contributed by atoms with Gasteiger partial charge in [0.1, 0.15) is 5.75 Å². The second-order valence-corrected chi connectivity index (χ2v) is 8.80. The standard InChI is InChI=1S/C26H37NO2/c1-4-29-24-15-13-23(14-16-24)26(28,19-21(2)3)25(22-11-7-5-8-12-22)20-27-17-9-6-10-18-27/h5,7-8,11-16,21,25,28H,4,6,9-10,17-20H2,1-3H3/t25-,26-/m1/s1. The molecule has 1 aliphatic heterocycles. The van der Waals surface area contributed by atoms with Gasteiger partial charge in [0, 0.05) is 12.5 Å². The maximum atomic E-state index is 12.3. The van der Waals surface area contributed by atoms with Gasteiger partial charge in [0.25, 0.3) is 0 Å². The maximum Gasteiger partial charge on any atom is 0.119 e. The molecule has 0 spiro atoms. The van der Waals surface area contributed by atoms with Gasteiger partial charge in [-0.05, 0) is 68.5 Å². The molecule has 158 valence electrons. The lowest BCUT2D eigenvalue weighted by Gasteiger charge is -2.42. The van der Waals surface area contributed by atoms with E-state index in [0.29, 0.717) is 12.5 Å². The van der Waals surface area contributed by atoms with Crippen molar-refractivity contribution in [2.45, 2.75) is 58.0 Å². The lowest BCUT2D eigenvalue weighted by Crippen LogP contribution is -2.43. The van der Waals surface area contributed by atoms with E-state index < -0.39 is 5.60 Å². The summed E-state index contributed by atoms with van der Waals surface area (Å²) in [5, 5.41) is 12.3. The highest BCUT2D eigenvalue weighted by Crippen LogP contribution is 2.43. The SMILES string of the molecule is CCOc1ccc([C@](O)(CC(C)C)[C@H](CN2CCCCC2)c2ccccc2)cc1. The van der Waals surface area contributed by atoms with Gasteiger partial charge in [0.05, 0.1) is 12.2 Å². The third-order valence-electron chi connectivity index (χ3n) is 6.05. The third-order valence-corrected chi connectivity index (χ3v) is 6.05. The molecule has 29 heavy (non-hydrogen) atoms. The first-order chi connectivity index (χ1) is 14.0. The molecule has 0 aliphatic carbocycles. The maximum absolute atomic E-state index is 12.3. The highest BCUT2D eigenvalue weighted by atomic mass is 16.5. The van der Waals surface area contributed by atoms with Crippen LogP contribution in [0.2, 0.25) is 0 Å². The molecule has 3 nitrogen and oxygen atoms in total. The molecule has 1 heterocycles. The molecule has 1 N–H and O–H groups in total. The first-order valence-corrected chi connectivity index (χ1v) is 11.3. The molecule has 2 aromatic carbocycles. The second kappa shape index (κ2) is 10.3. The van der Waals surface area contributed by atoms with E-state index in [4.69, 9.17) is 4.74 Å². The van der Waals surface area contributed by atoms with E-state index in [9.17, 15) is 5.11 Å². The Bertz CT molecular complexity index is 722. The fraction of sp³-hybridized carbons (Fsp3) is 0.538. The lowest BCUT2D eigenvalue weighted by molar-refractivity contribution is -0.0245. The largest absolute Gasteiger partial charge is 0.494 e. The van der Waals surface area contributed by atoms with E-state index in [2.05, 4.69) is 61.2 Å². The summed E-state index contributed by atoms with van der Waals surface area (Å²) in [5.41, 5.74) is 1.29. The zero-order valence-electron chi connectivity index (χ0n) is 18.3. The van der Waals surface area contributed by atoms with E-state index in [1.54, 1.807) is 0 Å². The van der Waals surface area contributed by atoms with E-state index in [0.717, 1.165) is 37.4 Å². The van der Waals surface area contributed by atoms with Gasteiger partial charge in [-0.3, -0.25) is 0 Å². The van der Waals surface area contributed by atoms with Crippen LogP contribution >= 0.6 is 0 Å². The molecule has 0 amide bonds. The zero-order valence-corrected chi connectivity index (χ0v) is 18.3. The van der Waals surface area contributed by atoms with Crippen LogP contribution in [0.15, 0.2) is 54.6 Å². The lowest BCUT2D eigenvalue weighted by atomic mass is 9.72. The molecule has 0 radical (unpaired) electrons. The Hall–Kier alpha value is -1.84. The Kier molecular flexibility index (Phi) is 7.74. The van der Waals surface area contributed by atoms with Crippen molar-refractivity contribution >= 4 is 0 Å². The molecule has 1 fully saturated rings.